The molecule has 5 nitrogen and oxygen atoms in total. The molecule has 1 amide bonds. The number of hydrogen-bond acceptors (Lipinski definition) is 3. The van der Waals surface area contributed by atoms with Crippen molar-refractivity contribution in [2.45, 2.75) is 38.6 Å². The van der Waals surface area contributed by atoms with Crippen LogP contribution in [-0.2, 0) is 11.3 Å². The molecule has 0 aliphatic heterocycles. The molecule has 1 N–H and O–H groups in total. The summed E-state index contributed by atoms with van der Waals surface area (Å²) in [5.41, 5.74) is 1.27. The summed E-state index contributed by atoms with van der Waals surface area (Å²) in [6.45, 7) is 1.94. The first-order chi connectivity index (χ1) is 11.6. The van der Waals surface area contributed by atoms with Gasteiger partial charge in [0.25, 0.3) is 0 Å². The lowest BCUT2D eigenvalue weighted by molar-refractivity contribution is -0.127. The molecule has 1 aliphatic rings. The maximum Gasteiger partial charge on any atom is 0.243 e. The number of thiophene rings is 1. The smallest absolute Gasteiger partial charge is 0.243 e. The molecule has 0 spiro atoms. The van der Waals surface area contributed by atoms with E-state index in [4.69, 9.17) is 0 Å². The van der Waals surface area contributed by atoms with E-state index >= 15 is 0 Å². The first-order valence-corrected chi connectivity index (χ1v) is 9.71. The summed E-state index contributed by atoms with van der Waals surface area (Å²) < 4.78 is 0. The molecule has 0 saturated heterocycles. The number of carbonyl (C=O) groups is 1. The highest BCUT2D eigenvalue weighted by molar-refractivity contribution is 14.0. The first-order valence-electron chi connectivity index (χ1n) is 8.77. The predicted octanol–water partition coefficient (Wildman–Crippen LogP) is 3.41. The minimum absolute atomic E-state index is 0. The summed E-state index contributed by atoms with van der Waals surface area (Å²) in [7, 11) is 5.56. The molecule has 1 aromatic heterocycles. The molecule has 1 heterocycles. The summed E-state index contributed by atoms with van der Waals surface area (Å²) in [6, 6.07) is 2.13. The van der Waals surface area contributed by atoms with Crippen LogP contribution >= 0.6 is 35.3 Å². The number of hydrogen-bond donors (Lipinski definition) is 1. The Morgan fingerprint density at radius 1 is 1.28 bits per heavy atom. The number of carbonyl (C=O) groups excluding carboxylic acids is 1. The molecule has 0 unspecified atom stereocenters. The summed E-state index contributed by atoms with van der Waals surface area (Å²) in [5, 5.41) is 7.75. The second-order valence-electron chi connectivity index (χ2n) is 6.80. The molecule has 1 fully saturated rings. The zero-order valence-electron chi connectivity index (χ0n) is 15.5. The van der Waals surface area contributed by atoms with Crippen molar-refractivity contribution in [1.29, 1.82) is 0 Å². The van der Waals surface area contributed by atoms with Gasteiger partial charge >= 0.3 is 0 Å². The van der Waals surface area contributed by atoms with Crippen LogP contribution in [0.15, 0.2) is 21.8 Å². The van der Waals surface area contributed by atoms with Crippen molar-refractivity contribution in [3.8, 4) is 0 Å². The maximum absolute atomic E-state index is 11.9. The SMILES string of the molecule is CN(C)C(=O)CN=C(NCC1CCCCC1)N(C)Cc1ccsc1.I. The summed E-state index contributed by atoms with van der Waals surface area (Å²) in [5.74, 6) is 1.57. The number of halogens is 1. The number of guanidine groups is 1. The fourth-order valence-electron chi connectivity index (χ4n) is 2.95. The molecule has 1 aliphatic carbocycles. The van der Waals surface area contributed by atoms with Crippen LogP contribution in [0.25, 0.3) is 0 Å². The minimum Gasteiger partial charge on any atom is -0.356 e. The van der Waals surface area contributed by atoms with E-state index in [-0.39, 0.29) is 36.4 Å². The van der Waals surface area contributed by atoms with Gasteiger partial charge in [-0.3, -0.25) is 4.79 Å². The molecule has 1 aromatic rings. The highest BCUT2D eigenvalue weighted by Crippen LogP contribution is 2.22. The van der Waals surface area contributed by atoms with E-state index in [1.807, 2.05) is 7.05 Å². The van der Waals surface area contributed by atoms with Crippen LogP contribution in [0.4, 0.5) is 0 Å². The van der Waals surface area contributed by atoms with Gasteiger partial charge in [-0.15, -0.1) is 24.0 Å². The Morgan fingerprint density at radius 2 is 2.00 bits per heavy atom. The Morgan fingerprint density at radius 3 is 2.60 bits per heavy atom. The highest BCUT2D eigenvalue weighted by Gasteiger charge is 2.16. The third-order valence-corrected chi connectivity index (χ3v) is 5.23. The second-order valence-corrected chi connectivity index (χ2v) is 7.58. The molecule has 1 saturated carbocycles. The topological polar surface area (TPSA) is 47.9 Å². The first kappa shape index (κ1) is 22.2. The van der Waals surface area contributed by atoms with Crippen molar-refractivity contribution in [3.63, 3.8) is 0 Å². The van der Waals surface area contributed by atoms with E-state index in [0.29, 0.717) is 0 Å². The van der Waals surface area contributed by atoms with Gasteiger partial charge in [0.1, 0.15) is 6.54 Å². The molecule has 0 bridgehead atoms. The van der Waals surface area contributed by atoms with E-state index in [9.17, 15) is 4.79 Å². The normalized spacial score (nSPS) is 15.4. The molecule has 25 heavy (non-hydrogen) atoms. The standard InChI is InChI=1S/C18H30N4OS.HI/c1-21(2)17(23)12-20-18(19-11-15-7-5-4-6-8-15)22(3)13-16-9-10-24-14-16;/h9-10,14-15H,4-8,11-13H2,1-3H3,(H,19,20);1H. The van der Waals surface area contributed by atoms with E-state index < -0.39 is 0 Å². The molecule has 142 valence electrons. The lowest BCUT2D eigenvalue weighted by atomic mass is 9.89. The van der Waals surface area contributed by atoms with Gasteiger partial charge in [0, 0.05) is 34.2 Å². The Balaban J connectivity index is 0.00000312. The van der Waals surface area contributed by atoms with Crippen LogP contribution in [0.3, 0.4) is 0 Å². The Kier molecular flexibility index (Phi) is 10.4. The van der Waals surface area contributed by atoms with Gasteiger partial charge in [-0.25, -0.2) is 4.99 Å². The quantitative estimate of drug-likeness (QED) is 0.387. The number of amides is 1. The molecule has 7 heteroatoms. The zero-order valence-corrected chi connectivity index (χ0v) is 18.7. The molecule has 2 rings (SSSR count). The minimum atomic E-state index is 0. The second kappa shape index (κ2) is 11.7. The van der Waals surface area contributed by atoms with Crippen molar-refractivity contribution in [2.75, 3.05) is 34.2 Å². The number of nitrogens with one attached hydrogen (secondary N) is 1. The van der Waals surface area contributed by atoms with E-state index in [1.165, 1.54) is 37.7 Å². The van der Waals surface area contributed by atoms with Gasteiger partial charge in [-0.2, -0.15) is 11.3 Å². The van der Waals surface area contributed by atoms with Gasteiger partial charge in [-0.1, -0.05) is 19.3 Å². The average molecular weight is 478 g/mol. The molecule has 0 radical (unpaired) electrons. The number of rotatable bonds is 6. The van der Waals surface area contributed by atoms with Crippen LogP contribution in [0.2, 0.25) is 0 Å². The Labute approximate surface area is 172 Å². The van der Waals surface area contributed by atoms with Gasteiger partial charge in [-0.05, 0) is 41.1 Å². The Bertz CT molecular complexity index is 527. The molecule has 0 atom stereocenters. The molecular weight excluding hydrogens is 447 g/mol. The lowest BCUT2D eigenvalue weighted by Crippen LogP contribution is -2.41. The fraction of sp³-hybridized carbons (Fsp3) is 0.667. The summed E-state index contributed by atoms with van der Waals surface area (Å²) in [6.07, 6.45) is 6.63. The van der Waals surface area contributed by atoms with Crippen LogP contribution in [-0.4, -0.2) is 55.9 Å². The third kappa shape index (κ3) is 7.94. The van der Waals surface area contributed by atoms with Crippen molar-refractivity contribution in [3.05, 3.63) is 22.4 Å². The van der Waals surface area contributed by atoms with E-state index in [2.05, 4.69) is 32.0 Å². The van der Waals surface area contributed by atoms with Gasteiger partial charge in [0.15, 0.2) is 5.96 Å². The summed E-state index contributed by atoms with van der Waals surface area (Å²) >= 11 is 1.70. The van der Waals surface area contributed by atoms with Crippen LogP contribution in [0.5, 0.6) is 0 Å². The molecule has 0 aromatic carbocycles. The monoisotopic (exact) mass is 478 g/mol. The number of likely N-dealkylation sites (N-methyl/N-ethyl adjacent to an activating group) is 1. The van der Waals surface area contributed by atoms with Crippen molar-refractivity contribution in [1.82, 2.24) is 15.1 Å². The van der Waals surface area contributed by atoms with E-state index in [1.54, 1.807) is 30.3 Å². The summed E-state index contributed by atoms with van der Waals surface area (Å²) in [4.78, 5) is 20.1. The van der Waals surface area contributed by atoms with Crippen LogP contribution in [0.1, 0.15) is 37.7 Å². The van der Waals surface area contributed by atoms with Gasteiger partial charge in [0.2, 0.25) is 5.91 Å². The fourth-order valence-corrected chi connectivity index (χ4v) is 3.61. The largest absolute Gasteiger partial charge is 0.356 e. The zero-order chi connectivity index (χ0) is 17.4. The Hall–Kier alpha value is -0.830. The third-order valence-electron chi connectivity index (χ3n) is 4.50. The lowest BCUT2D eigenvalue weighted by Gasteiger charge is -2.26. The van der Waals surface area contributed by atoms with Crippen molar-refractivity contribution >= 4 is 47.2 Å². The average Bonchev–Trinajstić information content (AvgIpc) is 3.08. The maximum atomic E-state index is 11.9. The van der Waals surface area contributed by atoms with Crippen molar-refractivity contribution in [2.24, 2.45) is 10.9 Å². The van der Waals surface area contributed by atoms with E-state index in [0.717, 1.165) is 25.0 Å². The predicted molar refractivity (Wildman–Crippen MR) is 117 cm³/mol. The van der Waals surface area contributed by atoms with Crippen LogP contribution < -0.4 is 5.32 Å². The highest BCUT2D eigenvalue weighted by atomic mass is 127. The van der Waals surface area contributed by atoms with Crippen molar-refractivity contribution < 1.29 is 4.79 Å². The van der Waals surface area contributed by atoms with Gasteiger partial charge in [0.05, 0.1) is 0 Å². The van der Waals surface area contributed by atoms with Crippen LogP contribution in [0, 0.1) is 5.92 Å². The van der Waals surface area contributed by atoms with Gasteiger partial charge < -0.3 is 15.1 Å². The number of nitrogens with zero attached hydrogens (tertiary/aromatic N) is 3. The molecular formula is C18H31IN4OS. The number of aliphatic imine (C=N–C) groups is 1.